The Morgan fingerprint density at radius 2 is 1.77 bits per heavy atom. The number of aliphatic hydroxyl groups excluding tert-OH is 1. The van der Waals surface area contributed by atoms with Gasteiger partial charge < -0.3 is 20.1 Å². The van der Waals surface area contributed by atoms with Crippen LogP contribution >= 0.6 is 0 Å². The number of carbonyl (C=O) groups is 2. The maximum absolute atomic E-state index is 14.3. The van der Waals surface area contributed by atoms with E-state index < -0.39 is 34.9 Å². The largest absolute Gasteiger partial charge is 0.416 e. The van der Waals surface area contributed by atoms with Gasteiger partial charge in [-0.2, -0.15) is 13.2 Å². The number of methoxy groups -OCH3 is 1. The molecular formula is C30H30F4N2O4. The number of ether oxygens (including phenoxy) is 1. The number of amides is 2. The van der Waals surface area contributed by atoms with Gasteiger partial charge in [0.15, 0.2) is 0 Å². The highest BCUT2D eigenvalue weighted by molar-refractivity contribution is 6.03. The zero-order valence-corrected chi connectivity index (χ0v) is 22.1. The van der Waals surface area contributed by atoms with Crippen LogP contribution in [0.2, 0.25) is 0 Å². The van der Waals surface area contributed by atoms with Crippen LogP contribution in [-0.4, -0.2) is 42.1 Å². The molecule has 0 aliphatic carbocycles. The lowest BCUT2D eigenvalue weighted by atomic mass is 9.67. The number of rotatable bonds is 9. The second-order valence-electron chi connectivity index (χ2n) is 9.93. The summed E-state index contributed by atoms with van der Waals surface area (Å²) >= 11 is 0. The van der Waals surface area contributed by atoms with Gasteiger partial charge in [-0.05, 0) is 59.9 Å². The average Bonchev–Trinajstić information content (AvgIpc) is 2.93. The molecule has 0 unspecified atom stereocenters. The van der Waals surface area contributed by atoms with Gasteiger partial charge in [-0.25, -0.2) is 4.39 Å². The maximum atomic E-state index is 14.3. The van der Waals surface area contributed by atoms with Crippen molar-refractivity contribution in [3.63, 3.8) is 0 Å². The minimum absolute atomic E-state index is 0.0695. The second kappa shape index (κ2) is 11.8. The Morgan fingerprint density at radius 1 is 1.07 bits per heavy atom. The Labute approximate surface area is 229 Å². The van der Waals surface area contributed by atoms with Crippen LogP contribution in [0.25, 0.3) is 0 Å². The third kappa shape index (κ3) is 5.73. The van der Waals surface area contributed by atoms with E-state index in [0.29, 0.717) is 42.3 Å². The Bertz CT molecular complexity index is 1380. The third-order valence-corrected chi connectivity index (χ3v) is 7.23. The standard InChI is InChI=1S/C30H30F4N2O4/c1-29(28(39)35-12-5-13-40-2)25-7-4-3-6-24(25)27(38)36(26(29)21-10-8-19(18-37)9-11-21)17-20-14-22(30(32,33)34)16-23(31)15-20/h3-4,6-11,14-16,26,37H,5,12-13,17-18H2,1-2H3,(H,35,39)/t26-,29-/m0/s1. The smallest absolute Gasteiger partial charge is 0.392 e. The van der Waals surface area contributed by atoms with Gasteiger partial charge in [0.25, 0.3) is 5.91 Å². The summed E-state index contributed by atoms with van der Waals surface area (Å²) in [4.78, 5) is 29.2. The van der Waals surface area contributed by atoms with Crippen molar-refractivity contribution in [3.05, 3.63) is 106 Å². The number of carbonyl (C=O) groups excluding carboxylic acids is 2. The van der Waals surface area contributed by atoms with E-state index in [-0.39, 0.29) is 30.2 Å². The van der Waals surface area contributed by atoms with Crippen LogP contribution in [0.3, 0.4) is 0 Å². The number of halogens is 4. The van der Waals surface area contributed by atoms with E-state index in [1.807, 2.05) is 0 Å². The molecule has 0 bridgehead atoms. The van der Waals surface area contributed by atoms with Crippen LogP contribution in [0.1, 0.15) is 57.6 Å². The van der Waals surface area contributed by atoms with Gasteiger partial charge in [-0.15, -0.1) is 0 Å². The summed E-state index contributed by atoms with van der Waals surface area (Å²) < 4.78 is 59.9. The van der Waals surface area contributed by atoms with Crippen molar-refractivity contribution in [2.75, 3.05) is 20.3 Å². The quantitative estimate of drug-likeness (QED) is 0.282. The molecule has 0 saturated carbocycles. The zero-order valence-electron chi connectivity index (χ0n) is 22.1. The molecule has 10 heteroatoms. The number of nitrogens with one attached hydrogen (secondary N) is 1. The van der Waals surface area contributed by atoms with E-state index in [1.165, 1.54) is 4.90 Å². The first-order valence-electron chi connectivity index (χ1n) is 12.7. The van der Waals surface area contributed by atoms with Crippen molar-refractivity contribution in [1.82, 2.24) is 10.2 Å². The van der Waals surface area contributed by atoms with E-state index in [2.05, 4.69) is 5.32 Å². The van der Waals surface area contributed by atoms with Crippen LogP contribution in [0.4, 0.5) is 17.6 Å². The fourth-order valence-electron chi connectivity index (χ4n) is 5.29. The second-order valence-corrected chi connectivity index (χ2v) is 9.93. The van der Waals surface area contributed by atoms with Gasteiger partial charge in [-0.1, -0.05) is 42.5 Å². The molecule has 3 aromatic carbocycles. The van der Waals surface area contributed by atoms with Gasteiger partial charge in [0.05, 0.1) is 23.6 Å². The molecule has 2 atom stereocenters. The van der Waals surface area contributed by atoms with E-state index in [1.54, 1.807) is 62.6 Å². The van der Waals surface area contributed by atoms with Crippen molar-refractivity contribution >= 4 is 11.8 Å². The topological polar surface area (TPSA) is 78.9 Å². The van der Waals surface area contributed by atoms with Crippen molar-refractivity contribution in [3.8, 4) is 0 Å². The molecular weight excluding hydrogens is 528 g/mol. The summed E-state index contributed by atoms with van der Waals surface area (Å²) in [6.45, 7) is 1.80. The average molecular weight is 559 g/mol. The number of fused-ring (bicyclic) bond motifs is 1. The fraction of sp³-hybridized carbons (Fsp3) is 0.333. The van der Waals surface area contributed by atoms with Crippen LogP contribution in [0.5, 0.6) is 0 Å². The Balaban J connectivity index is 1.88. The third-order valence-electron chi connectivity index (χ3n) is 7.23. The van der Waals surface area contributed by atoms with Crippen LogP contribution in [0, 0.1) is 5.82 Å². The number of hydrogen-bond acceptors (Lipinski definition) is 4. The highest BCUT2D eigenvalue weighted by Gasteiger charge is 2.53. The Hall–Kier alpha value is -3.76. The first kappa shape index (κ1) is 29.2. The highest BCUT2D eigenvalue weighted by Crippen LogP contribution is 2.48. The lowest BCUT2D eigenvalue weighted by Crippen LogP contribution is -2.57. The SMILES string of the molecule is COCCCNC(=O)[C@@]1(C)c2ccccc2C(=O)N(Cc2cc(F)cc(C(F)(F)F)c2)[C@H]1c1ccc(CO)cc1. The minimum atomic E-state index is -4.79. The highest BCUT2D eigenvalue weighted by atomic mass is 19.4. The molecule has 1 aliphatic heterocycles. The van der Waals surface area contributed by atoms with Crippen molar-refractivity contribution in [2.24, 2.45) is 0 Å². The summed E-state index contributed by atoms with van der Waals surface area (Å²) in [5.41, 5.74) is -0.793. The van der Waals surface area contributed by atoms with E-state index >= 15 is 0 Å². The van der Waals surface area contributed by atoms with Crippen molar-refractivity contribution in [1.29, 1.82) is 0 Å². The molecule has 2 amide bonds. The molecule has 1 aliphatic rings. The van der Waals surface area contributed by atoms with E-state index in [9.17, 15) is 32.3 Å². The number of nitrogens with zero attached hydrogens (tertiary/aromatic N) is 1. The normalized spacial score (nSPS) is 18.9. The minimum Gasteiger partial charge on any atom is -0.392 e. The molecule has 2 N–H and O–H groups in total. The molecule has 3 aromatic rings. The summed E-state index contributed by atoms with van der Waals surface area (Å²) in [6, 6.07) is 14.5. The van der Waals surface area contributed by atoms with Gasteiger partial charge in [0, 0.05) is 32.4 Å². The Kier molecular flexibility index (Phi) is 8.60. The van der Waals surface area contributed by atoms with Gasteiger partial charge in [0.2, 0.25) is 5.91 Å². The lowest BCUT2D eigenvalue weighted by molar-refractivity contribution is -0.137. The number of hydrogen-bond donors (Lipinski definition) is 2. The van der Waals surface area contributed by atoms with Gasteiger partial charge in [0.1, 0.15) is 5.82 Å². The zero-order chi connectivity index (χ0) is 29.1. The summed E-state index contributed by atoms with van der Waals surface area (Å²) in [5, 5.41) is 12.5. The summed E-state index contributed by atoms with van der Waals surface area (Å²) in [7, 11) is 1.55. The van der Waals surface area contributed by atoms with Crippen LogP contribution < -0.4 is 5.32 Å². The molecule has 6 nitrogen and oxygen atoms in total. The van der Waals surface area contributed by atoms with Crippen molar-refractivity contribution in [2.45, 2.75) is 44.1 Å². The van der Waals surface area contributed by atoms with Crippen LogP contribution in [-0.2, 0) is 34.3 Å². The predicted octanol–water partition coefficient (Wildman–Crippen LogP) is 5.14. The molecule has 0 fully saturated rings. The number of aliphatic hydroxyl groups is 1. The molecule has 0 saturated heterocycles. The Morgan fingerprint density at radius 3 is 2.42 bits per heavy atom. The predicted molar refractivity (Wildman–Crippen MR) is 140 cm³/mol. The van der Waals surface area contributed by atoms with E-state index in [0.717, 1.165) is 12.1 Å². The van der Waals surface area contributed by atoms with Gasteiger partial charge in [-0.3, -0.25) is 9.59 Å². The number of benzene rings is 3. The molecule has 212 valence electrons. The molecule has 0 spiro atoms. The first-order chi connectivity index (χ1) is 19.0. The summed E-state index contributed by atoms with van der Waals surface area (Å²) in [6.07, 6.45) is -4.24. The summed E-state index contributed by atoms with van der Waals surface area (Å²) in [5.74, 6) is -1.98. The molecule has 0 aromatic heterocycles. The molecule has 4 rings (SSSR count). The maximum Gasteiger partial charge on any atom is 0.416 e. The van der Waals surface area contributed by atoms with E-state index in [4.69, 9.17) is 4.74 Å². The monoisotopic (exact) mass is 558 g/mol. The first-order valence-corrected chi connectivity index (χ1v) is 12.7. The molecule has 0 radical (unpaired) electrons. The van der Waals surface area contributed by atoms with Crippen molar-refractivity contribution < 1.29 is 37.0 Å². The fourth-order valence-corrected chi connectivity index (χ4v) is 5.29. The van der Waals surface area contributed by atoms with Crippen LogP contribution in [0.15, 0.2) is 66.7 Å². The van der Waals surface area contributed by atoms with Gasteiger partial charge >= 0.3 is 6.18 Å². The molecule has 40 heavy (non-hydrogen) atoms. The number of alkyl halides is 3. The lowest BCUT2D eigenvalue weighted by Gasteiger charge is -2.48. The molecule has 1 heterocycles.